The molecule has 0 atom stereocenters. The highest BCUT2D eigenvalue weighted by Gasteiger charge is 2.27. The van der Waals surface area contributed by atoms with Gasteiger partial charge < -0.3 is 9.88 Å². The molecule has 1 aliphatic heterocycles. The van der Waals surface area contributed by atoms with Crippen LogP contribution in [0, 0.1) is 0 Å². The lowest BCUT2D eigenvalue weighted by Crippen LogP contribution is -2.32. The number of imide groups is 1. The number of para-hydroxylation sites is 2. The van der Waals surface area contributed by atoms with Crippen LogP contribution in [0.2, 0.25) is 0 Å². The third kappa shape index (κ3) is 2.24. The summed E-state index contributed by atoms with van der Waals surface area (Å²) < 4.78 is 2.02. The summed E-state index contributed by atoms with van der Waals surface area (Å²) in [5.41, 5.74) is 2.03. The number of nitrogens with zero attached hydrogens (tertiary/aromatic N) is 3. The smallest absolute Gasteiger partial charge is 0.324 e. The van der Waals surface area contributed by atoms with Gasteiger partial charge in [-0.1, -0.05) is 23.9 Å². The van der Waals surface area contributed by atoms with E-state index in [9.17, 15) is 9.59 Å². The maximum absolute atomic E-state index is 11.4. The lowest BCUT2D eigenvalue weighted by molar-refractivity contribution is -0.124. The number of rotatable bonds is 4. The molecule has 1 N–H and O–H groups in total. The molecule has 1 saturated heterocycles. The highest BCUT2D eigenvalue weighted by atomic mass is 32.2. The Bertz CT molecular complexity index is 666. The van der Waals surface area contributed by atoms with Crippen molar-refractivity contribution in [3.8, 4) is 0 Å². The van der Waals surface area contributed by atoms with E-state index >= 15 is 0 Å². The third-order valence-electron chi connectivity index (χ3n) is 3.23. The van der Waals surface area contributed by atoms with Gasteiger partial charge in [-0.05, 0) is 12.1 Å². The van der Waals surface area contributed by atoms with E-state index in [-0.39, 0.29) is 18.5 Å². The second-order valence-corrected chi connectivity index (χ2v) is 5.56. The molecular formula is C13H14N4O2S. The first-order chi connectivity index (χ1) is 9.66. The Labute approximate surface area is 120 Å². The van der Waals surface area contributed by atoms with Gasteiger partial charge in [-0.15, -0.1) is 0 Å². The Hall–Kier alpha value is -2.02. The first-order valence-corrected chi connectivity index (χ1v) is 7.28. The van der Waals surface area contributed by atoms with Crippen LogP contribution in [0.1, 0.15) is 0 Å². The first-order valence-electron chi connectivity index (χ1n) is 6.29. The number of carbonyl (C=O) groups is 2. The quantitative estimate of drug-likeness (QED) is 0.679. The molecule has 7 heteroatoms. The number of benzene rings is 1. The van der Waals surface area contributed by atoms with E-state index in [2.05, 4.69) is 10.3 Å². The maximum atomic E-state index is 11.4. The predicted octanol–water partition coefficient (Wildman–Crippen LogP) is 1.22. The molecule has 1 fully saturated rings. The summed E-state index contributed by atoms with van der Waals surface area (Å²) in [5, 5.41) is 3.40. The number of aryl methyl sites for hydroxylation is 1. The van der Waals surface area contributed by atoms with Crippen LogP contribution in [0.25, 0.3) is 11.0 Å². The Kier molecular flexibility index (Phi) is 3.35. The minimum Gasteiger partial charge on any atom is -0.329 e. The number of fused-ring (bicyclic) bond motifs is 1. The van der Waals surface area contributed by atoms with E-state index in [1.165, 1.54) is 4.90 Å². The molecule has 104 valence electrons. The van der Waals surface area contributed by atoms with Crippen LogP contribution in [0.15, 0.2) is 29.4 Å². The molecule has 0 spiro atoms. The molecule has 0 unspecified atom stereocenters. The summed E-state index contributed by atoms with van der Waals surface area (Å²) in [6.45, 7) is 0.508. The molecule has 2 heterocycles. The van der Waals surface area contributed by atoms with Crippen molar-refractivity contribution in [1.29, 1.82) is 0 Å². The van der Waals surface area contributed by atoms with Gasteiger partial charge in [-0.25, -0.2) is 9.78 Å². The molecule has 0 saturated carbocycles. The first kappa shape index (κ1) is 13.0. The van der Waals surface area contributed by atoms with Gasteiger partial charge in [0.2, 0.25) is 5.91 Å². The van der Waals surface area contributed by atoms with Crippen LogP contribution in [0.5, 0.6) is 0 Å². The summed E-state index contributed by atoms with van der Waals surface area (Å²) in [6, 6.07) is 7.62. The van der Waals surface area contributed by atoms with Crippen molar-refractivity contribution in [3.05, 3.63) is 24.3 Å². The summed E-state index contributed by atoms with van der Waals surface area (Å²) >= 11 is 1.54. The molecular weight excluding hydrogens is 276 g/mol. The molecule has 1 aromatic heterocycles. The Morgan fingerprint density at radius 1 is 1.35 bits per heavy atom. The number of carbonyl (C=O) groups excluding carboxylic acids is 2. The van der Waals surface area contributed by atoms with E-state index in [4.69, 9.17) is 0 Å². The molecule has 0 aliphatic carbocycles. The van der Waals surface area contributed by atoms with Crippen molar-refractivity contribution in [2.24, 2.45) is 7.05 Å². The van der Waals surface area contributed by atoms with Crippen LogP contribution in [0.3, 0.4) is 0 Å². The number of hydrogen-bond acceptors (Lipinski definition) is 4. The summed E-state index contributed by atoms with van der Waals surface area (Å²) in [4.78, 5) is 28.6. The van der Waals surface area contributed by atoms with Gasteiger partial charge in [-0.2, -0.15) is 0 Å². The fourth-order valence-corrected chi connectivity index (χ4v) is 3.07. The minimum atomic E-state index is -0.305. The zero-order valence-corrected chi connectivity index (χ0v) is 11.8. The average molecular weight is 290 g/mol. The Morgan fingerprint density at radius 2 is 2.15 bits per heavy atom. The number of aromatic nitrogens is 2. The molecule has 2 aromatic rings. The van der Waals surface area contributed by atoms with Crippen LogP contribution < -0.4 is 5.32 Å². The highest BCUT2D eigenvalue weighted by molar-refractivity contribution is 7.99. The fourth-order valence-electron chi connectivity index (χ4n) is 2.16. The van der Waals surface area contributed by atoms with Crippen molar-refractivity contribution in [2.45, 2.75) is 5.16 Å². The number of hydrogen-bond donors (Lipinski definition) is 1. The third-order valence-corrected chi connectivity index (χ3v) is 4.24. The van der Waals surface area contributed by atoms with E-state index in [1.54, 1.807) is 11.8 Å². The average Bonchev–Trinajstić information content (AvgIpc) is 2.94. The topological polar surface area (TPSA) is 67.2 Å². The van der Waals surface area contributed by atoms with Gasteiger partial charge >= 0.3 is 6.03 Å². The van der Waals surface area contributed by atoms with Crippen molar-refractivity contribution in [3.63, 3.8) is 0 Å². The van der Waals surface area contributed by atoms with Gasteiger partial charge in [0.1, 0.15) is 0 Å². The standard InChI is InChI=1S/C13H14N4O2S/c1-16-10-5-3-2-4-9(10)15-13(16)20-7-6-17-11(18)8-14-12(17)19/h2-5H,6-8H2,1H3,(H,14,19). The lowest BCUT2D eigenvalue weighted by atomic mass is 10.3. The van der Waals surface area contributed by atoms with Gasteiger partial charge in [0.05, 0.1) is 17.6 Å². The molecule has 1 aromatic carbocycles. The monoisotopic (exact) mass is 290 g/mol. The molecule has 1 aliphatic rings. The van der Waals surface area contributed by atoms with Crippen LogP contribution >= 0.6 is 11.8 Å². The zero-order chi connectivity index (χ0) is 14.1. The van der Waals surface area contributed by atoms with Gasteiger partial charge in [0.15, 0.2) is 5.16 Å². The second kappa shape index (κ2) is 5.16. The van der Waals surface area contributed by atoms with Crippen molar-refractivity contribution >= 4 is 34.7 Å². The highest BCUT2D eigenvalue weighted by Crippen LogP contribution is 2.22. The van der Waals surface area contributed by atoms with Gasteiger partial charge in [0, 0.05) is 19.3 Å². The zero-order valence-electron chi connectivity index (χ0n) is 11.0. The predicted molar refractivity (Wildman–Crippen MR) is 76.5 cm³/mol. The number of amides is 3. The van der Waals surface area contributed by atoms with E-state index < -0.39 is 0 Å². The van der Waals surface area contributed by atoms with E-state index in [1.807, 2.05) is 35.9 Å². The van der Waals surface area contributed by atoms with E-state index in [0.717, 1.165) is 16.2 Å². The van der Waals surface area contributed by atoms with Crippen molar-refractivity contribution in [2.75, 3.05) is 18.8 Å². The Morgan fingerprint density at radius 3 is 2.85 bits per heavy atom. The lowest BCUT2D eigenvalue weighted by Gasteiger charge is -2.11. The summed E-state index contributed by atoms with van der Waals surface area (Å²) in [5.74, 6) is 0.469. The minimum absolute atomic E-state index is 0.107. The van der Waals surface area contributed by atoms with Crippen molar-refractivity contribution < 1.29 is 9.59 Å². The van der Waals surface area contributed by atoms with Gasteiger partial charge in [0.25, 0.3) is 0 Å². The Balaban J connectivity index is 1.67. The van der Waals surface area contributed by atoms with Gasteiger partial charge in [-0.3, -0.25) is 9.69 Å². The van der Waals surface area contributed by atoms with E-state index in [0.29, 0.717) is 12.3 Å². The second-order valence-electron chi connectivity index (χ2n) is 4.49. The van der Waals surface area contributed by atoms with Crippen LogP contribution in [-0.2, 0) is 11.8 Å². The van der Waals surface area contributed by atoms with Crippen LogP contribution in [0.4, 0.5) is 4.79 Å². The molecule has 0 radical (unpaired) electrons. The molecule has 3 amide bonds. The SMILES string of the molecule is Cn1c(SCCN2C(=O)CNC2=O)nc2ccccc21. The van der Waals surface area contributed by atoms with Crippen LogP contribution in [-0.4, -0.2) is 45.2 Å². The summed E-state index contributed by atoms with van der Waals surface area (Å²) in [7, 11) is 1.96. The molecule has 6 nitrogen and oxygen atoms in total. The number of urea groups is 1. The maximum Gasteiger partial charge on any atom is 0.324 e. The summed E-state index contributed by atoms with van der Waals surface area (Å²) in [6.07, 6.45) is 0. The van der Waals surface area contributed by atoms with Crippen molar-refractivity contribution in [1.82, 2.24) is 19.8 Å². The normalized spacial score (nSPS) is 15.2. The molecule has 20 heavy (non-hydrogen) atoms. The number of imidazole rings is 1. The largest absolute Gasteiger partial charge is 0.329 e. The number of thioether (sulfide) groups is 1. The fraction of sp³-hybridized carbons (Fsp3) is 0.308. The molecule has 3 rings (SSSR count). The molecule has 0 bridgehead atoms. The number of nitrogens with one attached hydrogen (secondary N) is 1.